The number of para-hydroxylation sites is 3. The Morgan fingerprint density at radius 2 is 0.942 bits per heavy atom. The van der Waals surface area contributed by atoms with E-state index in [0.717, 1.165) is 0 Å². The minimum Gasteiger partial charge on any atom is -0.307 e. The number of fused-ring (bicyclic) bond motifs is 13. The minimum atomic E-state index is 1.19. The maximum absolute atomic E-state index is 2.57. The normalized spacial score (nSPS) is 12.2. The van der Waals surface area contributed by atoms with Crippen LogP contribution in [0.4, 0.5) is 0 Å². The summed E-state index contributed by atoms with van der Waals surface area (Å²) < 4.78 is 10.3. The molecule has 0 fully saturated rings. The Hall–Kier alpha value is -6.20. The number of rotatable bonds is 3. The van der Waals surface area contributed by atoms with Crippen LogP contribution >= 0.6 is 22.7 Å². The summed E-state index contributed by atoms with van der Waals surface area (Å²) in [5, 5.41) is 10.4. The zero-order chi connectivity index (χ0) is 33.9. The second-order valence-electron chi connectivity index (χ2n) is 13.6. The van der Waals surface area contributed by atoms with Gasteiger partial charge in [0, 0.05) is 57.2 Å². The van der Waals surface area contributed by atoms with Gasteiger partial charge in [0.05, 0.1) is 38.1 Å². The van der Waals surface area contributed by atoms with Crippen molar-refractivity contribution in [3.63, 3.8) is 0 Å². The van der Waals surface area contributed by atoms with E-state index in [-0.39, 0.29) is 0 Å². The van der Waals surface area contributed by atoms with Gasteiger partial charge in [-0.2, -0.15) is 0 Å². The van der Waals surface area contributed by atoms with E-state index in [2.05, 4.69) is 179 Å². The first-order valence-corrected chi connectivity index (χ1v) is 19.3. The molecule has 4 heteroatoms. The standard InChI is InChI=1S/C48H28N2S2/c1-2-12-29(13-3-1)30-24-27-44-37(28-30)35-25-26-40-45(48(35)52-44)36-18-11-21-41(49-38-19-7-4-14-31(38)32-15-5-8-20-39(32)49)46(36)50(40)42-22-10-17-34-33-16-6-9-23-43(33)51-47(34)42/h1-28H. The summed E-state index contributed by atoms with van der Waals surface area (Å²) in [5.74, 6) is 0. The molecule has 52 heavy (non-hydrogen) atoms. The Morgan fingerprint density at radius 3 is 1.75 bits per heavy atom. The lowest BCUT2D eigenvalue weighted by atomic mass is 10.0. The molecule has 2 nitrogen and oxygen atoms in total. The van der Waals surface area contributed by atoms with Gasteiger partial charge < -0.3 is 9.13 Å². The molecule has 0 radical (unpaired) electrons. The first-order valence-electron chi connectivity index (χ1n) is 17.7. The third-order valence-electron chi connectivity index (χ3n) is 10.9. The quantitative estimate of drug-likeness (QED) is 0.174. The maximum atomic E-state index is 2.57. The second-order valence-corrected chi connectivity index (χ2v) is 15.8. The molecule has 0 saturated heterocycles. The van der Waals surface area contributed by atoms with E-state index in [0.29, 0.717) is 0 Å². The highest BCUT2D eigenvalue weighted by molar-refractivity contribution is 7.27. The van der Waals surface area contributed by atoms with Gasteiger partial charge in [0.15, 0.2) is 0 Å². The molecule has 0 amide bonds. The van der Waals surface area contributed by atoms with Crippen molar-refractivity contribution in [2.24, 2.45) is 0 Å². The number of nitrogens with zero attached hydrogens (tertiary/aromatic N) is 2. The predicted molar refractivity (Wildman–Crippen MR) is 226 cm³/mol. The minimum absolute atomic E-state index is 1.19. The van der Waals surface area contributed by atoms with Crippen LogP contribution in [-0.2, 0) is 0 Å². The van der Waals surface area contributed by atoms with E-state index in [4.69, 9.17) is 0 Å². The molecular weight excluding hydrogens is 669 g/mol. The van der Waals surface area contributed by atoms with Gasteiger partial charge in [-0.1, -0.05) is 121 Å². The molecule has 4 heterocycles. The number of hydrogen-bond acceptors (Lipinski definition) is 2. The summed E-state index contributed by atoms with van der Waals surface area (Å²) in [6.07, 6.45) is 0. The van der Waals surface area contributed by atoms with Crippen LogP contribution in [-0.4, -0.2) is 9.13 Å². The zero-order valence-corrected chi connectivity index (χ0v) is 29.5. The molecule has 0 saturated carbocycles. The van der Waals surface area contributed by atoms with Gasteiger partial charge in [0.25, 0.3) is 0 Å². The molecule has 12 rings (SSSR count). The molecule has 8 aromatic carbocycles. The first kappa shape index (κ1) is 28.5. The Balaban J connectivity index is 1.26. The van der Waals surface area contributed by atoms with Crippen molar-refractivity contribution in [2.45, 2.75) is 0 Å². The fraction of sp³-hybridized carbons (Fsp3) is 0. The first-order chi connectivity index (χ1) is 25.8. The van der Waals surface area contributed by atoms with Crippen molar-refractivity contribution < 1.29 is 0 Å². The highest BCUT2D eigenvalue weighted by atomic mass is 32.1. The number of benzene rings is 8. The fourth-order valence-electron chi connectivity index (χ4n) is 8.70. The zero-order valence-electron chi connectivity index (χ0n) is 27.9. The van der Waals surface area contributed by atoms with Crippen molar-refractivity contribution in [1.82, 2.24) is 9.13 Å². The third-order valence-corrected chi connectivity index (χ3v) is 13.3. The average Bonchev–Trinajstić information content (AvgIpc) is 3.95. The lowest BCUT2D eigenvalue weighted by Gasteiger charge is -2.15. The van der Waals surface area contributed by atoms with E-state index >= 15 is 0 Å². The van der Waals surface area contributed by atoms with Crippen LogP contribution in [0.5, 0.6) is 0 Å². The number of hydrogen-bond donors (Lipinski definition) is 0. The van der Waals surface area contributed by atoms with Crippen LogP contribution in [0.3, 0.4) is 0 Å². The van der Waals surface area contributed by atoms with E-state index < -0.39 is 0 Å². The van der Waals surface area contributed by atoms with Crippen LogP contribution in [0.1, 0.15) is 0 Å². The summed E-state index contributed by atoms with van der Waals surface area (Å²) in [6, 6.07) is 62.7. The average molecular weight is 697 g/mol. The van der Waals surface area contributed by atoms with Gasteiger partial charge >= 0.3 is 0 Å². The van der Waals surface area contributed by atoms with E-state index in [1.165, 1.54) is 106 Å². The van der Waals surface area contributed by atoms with Crippen molar-refractivity contribution in [3.05, 3.63) is 170 Å². The number of thiophene rings is 2. The lowest BCUT2D eigenvalue weighted by molar-refractivity contribution is 1.14. The Kier molecular flexibility index (Phi) is 5.84. The summed E-state index contributed by atoms with van der Waals surface area (Å²) in [4.78, 5) is 0. The molecule has 0 spiro atoms. The van der Waals surface area contributed by atoms with Gasteiger partial charge in [-0.3, -0.25) is 0 Å². The topological polar surface area (TPSA) is 9.86 Å². The molecule has 4 aromatic heterocycles. The van der Waals surface area contributed by atoms with Crippen molar-refractivity contribution in [1.29, 1.82) is 0 Å². The second kappa shape index (κ2) is 10.7. The summed E-state index contributed by atoms with van der Waals surface area (Å²) in [7, 11) is 0. The SMILES string of the molecule is c1ccc(-c2ccc3sc4c(ccc5c4c4cccc(-n6c7ccccc7c7ccccc76)c4n5-c4cccc5c4sc4ccccc45)c3c2)cc1. The summed E-state index contributed by atoms with van der Waals surface area (Å²) in [6.45, 7) is 0. The van der Waals surface area contributed by atoms with E-state index in [1.54, 1.807) is 0 Å². The number of aromatic nitrogens is 2. The van der Waals surface area contributed by atoms with Crippen molar-refractivity contribution >= 4 is 107 Å². The monoisotopic (exact) mass is 696 g/mol. The molecular formula is C48H28N2S2. The summed E-state index contributed by atoms with van der Waals surface area (Å²) >= 11 is 3.81. The summed E-state index contributed by atoms with van der Waals surface area (Å²) in [5.41, 5.74) is 9.79. The van der Waals surface area contributed by atoms with Gasteiger partial charge in [0.1, 0.15) is 0 Å². The van der Waals surface area contributed by atoms with E-state index in [9.17, 15) is 0 Å². The van der Waals surface area contributed by atoms with E-state index in [1.807, 2.05) is 22.7 Å². The van der Waals surface area contributed by atoms with Gasteiger partial charge in [-0.05, 0) is 59.7 Å². The van der Waals surface area contributed by atoms with Crippen LogP contribution in [0, 0.1) is 0 Å². The van der Waals surface area contributed by atoms with Gasteiger partial charge in [0.2, 0.25) is 0 Å². The van der Waals surface area contributed by atoms with Crippen molar-refractivity contribution in [2.75, 3.05) is 0 Å². The highest BCUT2D eigenvalue weighted by Gasteiger charge is 2.24. The van der Waals surface area contributed by atoms with Gasteiger partial charge in [-0.15, -0.1) is 22.7 Å². The fourth-order valence-corrected chi connectivity index (χ4v) is 11.1. The molecule has 12 aromatic rings. The van der Waals surface area contributed by atoms with Gasteiger partial charge in [-0.25, -0.2) is 0 Å². The van der Waals surface area contributed by atoms with Crippen LogP contribution in [0.2, 0.25) is 0 Å². The predicted octanol–water partition coefficient (Wildman–Crippen LogP) is 14.3. The highest BCUT2D eigenvalue weighted by Crippen LogP contribution is 2.48. The molecule has 0 bridgehead atoms. The third kappa shape index (κ3) is 3.83. The molecule has 0 N–H and O–H groups in total. The van der Waals surface area contributed by atoms with Crippen molar-refractivity contribution in [3.8, 4) is 22.5 Å². The van der Waals surface area contributed by atoms with Crippen LogP contribution in [0.15, 0.2) is 170 Å². The molecule has 0 unspecified atom stereocenters. The molecule has 0 atom stereocenters. The largest absolute Gasteiger partial charge is 0.307 e. The maximum Gasteiger partial charge on any atom is 0.0783 e. The lowest BCUT2D eigenvalue weighted by Crippen LogP contribution is -2.00. The molecule has 0 aliphatic rings. The Morgan fingerprint density at radius 1 is 0.327 bits per heavy atom. The smallest absolute Gasteiger partial charge is 0.0783 e. The molecule has 0 aliphatic heterocycles. The van der Waals surface area contributed by atoms with Crippen LogP contribution < -0.4 is 0 Å². The Labute approximate surface area is 306 Å². The molecule has 242 valence electrons. The van der Waals surface area contributed by atoms with Crippen LogP contribution in [0.25, 0.3) is 106 Å². The Bertz CT molecular complexity index is 3360. The molecule has 0 aliphatic carbocycles.